The molecule has 1 aromatic rings. The average molecular weight is 2380 g/mol. The molecule has 0 amide bonds. The first kappa shape index (κ1) is 33.6. The topological polar surface area (TPSA) is 0 Å². The van der Waals surface area contributed by atoms with Gasteiger partial charge >= 0.3 is 289 Å². The van der Waals surface area contributed by atoms with Crippen LogP contribution in [-0.4, -0.2) is 0.594 Å². The number of hydrogen-bond donors (Lipinski definition) is 0. The van der Waals surface area contributed by atoms with Crippen molar-refractivity contribution in [2.45, 2.75) is 4.43 Å². The third kappa shape index (κ3) is 15.1. The van der Waals surface area contributed by atoms with Gasteiger partial charge in [-0.05, 0) is 0 Å². The first-order chi connectivity index (χ1) is 12.1. The number of rotatable bonds is 10. The Morgan fingerprint density at radius 1 is 0.680 bits per heavy atom. The van der Waals surface area contributed by atoms with Crippen molar-refractivity contribution in [3.8, 4) is 0 Å². The van der Waals surface area contributed by atoms with Crippen molar-refractivity contribution in [1.29, 1.82) is 0.594 Å². The van der Waals surface area contributed by atoms with Crippen LogP contribution in [-0.2, 0) is 4.43 Å². The van der Waals surface area contributed by atoms with Crippen molar-refractivity contribution in [2.75, 3.05) is 0 Å². The van der Waals surface area contributed by atoms with Gasteiger partial charge in [0.1, 0.15) is 0 Å². The second kappa shape index (κ2) is 21.2. The SMILES string of the molecule is [3H]I(Cc1ccccc1)I(I)I(I)I(I)I(I)I(I)I(I)I(I)I(I)I. The number of halogens is 18. The molecule has 0 aliphatic carbocycles. The fraction of sp³-hybridized carbons (Fsp3) is 0.143. The van der Waals surface area contributed by atoms with E-state index in [0.717, 1.165) is 0 Å². The van der Waals surface area contributed by atoms with E-state index in [-0.39, 0.29) is 0 Å². The van der Waals surface area contributed by atoms with E-state index in [1.165, 1.54) is 9.99 Å². The van der Waals surface area contributed by atoms with E-state index in [4.69, 9.17) is 0.594 Å². The molecule has 0 N–H and O–H groups in total. The Bertz CT molecular complexity index is 516. The van der Waals surface area contributed by atoms with Gasteiger partial charge in [0.15, 0.2) is 0 Å². The zero-order valence-electron chi connectivity index (χ0n) is 11.9. The summed E-state index contributed by atoms with van der Waals surface area (Å²) in [6, 6.07) is 11.0. The van der Waals surface area contributed by atoms with Crippen LogP contribution >= 0.6 is 248 Å². The molecular weight excluding hydrogens is 2370 g/mol. The van der Waals surface area contributed by atoms with Gasteiger partial charge in [-0.25, -0.2) is 0 Å². The number of alkyl halides is 1. The molecule has 0 aromatic heterocycles. The fourth-order valence-corrected chi connectivity index (χ4v) is 2590. The molecule has 0 aliphatic heterocycles. The van der Waals surface area contributed by atoms with Crippen molar-refractivity contribution >= 4 is 248 Å². The minimum atomic E-state index is -1.41. The van der Waals surface area contributed by atoms with Crippen molar-refractivity contribution in [2.24, 2.45) is 0 Å². The molecule has 0 spiro atoms. The molecule has 162 valence electrons. The number of benzene rings is 1. The van der Waals surface area contributed by atoms with Crippen LogP contribution in [0.2, 0.25) is 0 Å². The van der Waals surface area contributed by atoms with E-state index >= 15 is 0 Å². The van der Waals surface area contributed by atoms with Crippen LogP contribution in [0.25, 0.3) is 0 Å². The molecule has 0 saturated heterocycles. The Morgan fingerprint density at radius 3 is 1.60 bits per heavy atom. The van der Waals surface area contributed by atoms with Crippen molar-refractivity contribution in [3.63, 3.8) is 0 Å². The van der Waals surface area contributed by atoms with E-state index in [9.17, 15) is 0 Å². The van der Waals surface area contributed by atoms with Crippen molar-refractivity contribution < 1.29 is 0 Å². The molecule has 1 aromatic carbocycles. The second-order valence-corrected chi connectivity index (χ2v) is 398. The van der Waals surface area contributed by atoms with Crippen molar-refractivity contribution in [1.82, 2.24) is 0 Å². The standard InChI is InChI=1S/C7H8I18/c8-18(9)20(11)22(13)24(15)25(16)23(14)21(12)19(10)17-6-7-4-2-1-3-5-7/h1-5,17H,6H2/i17T. The third-order valence-corrected chi connectivity index (χ3v) is 1180. The summed E-state index contributed by atoms with van der Waals surface area (Å²) in [6.07, 6.45) is 0. The van der Waals surface area contributed by atoms with E-state index in [0.29, 0.717) is 0 Å². The van der Waals surface area contributed by atoms with Crippen LogP contribution in [0.4, 0.5) is 0 Å². The van der Waals surface area contributed by atoms with Crippen molar-refractivity contribution in [3.05, 3.63) is 35.9 Å². The maximum absolute atomic E-state index is 9.02. The van der Waals surface area contributed by atoms with Crippen LogP contribution in [0.3, 0.4) is 0 Å². The molecule has 0 radical (unpaired) electrons. The molecule has 0 nitrogen and oxygen atoms in total. The summed E-state index contributed by atoms with van der Waals surface area (Å²) >= 11 is 25.8. The van der Waals surface area contributed by atoms with Gasteiger partial charge in [-0.15, -0.1) is 0 Å². The summed E-state index contributed by atoms with van der Waals surface area (Å²) in [4.78, 5) is 0. The summed E-state index contributed by atoms with van der Waals surface area (Å²) in [7, 11) is -4.84. The van der Waals surface area contributed by atoms with Gasteiger partial charge in [0.05, 0.1) is 0 Å². The van der Waals surface area contributed by atoms with E-state index < -0.39 is 80.2 Å². The van der Waals surface area contributed by atoms with Crippen LogP contribution in [0, 0.1) is 0 Å². The molecule has 18 heteroatoms. The van der Waals surface area contributed by atoms with Gasteiger partial charge < -0.3 is 0 Å². The summed E-state index contributed by atoms with van der Waals surface area (Å²) in [6.45, 7) is 0. The molecule has 0 unspecified atom stereocenters. The summed E-state index contributed by atoms with van der Waals surface area (Å²) in [5.41, 5.74) is 1.47. The molecule has 0 heterocycles. The monoisotopic (exact) mass is 2380 g/mol. The Morgan fingerprint density at radius 2 is 1.12 bits per heavy atom. The average Bonchev–Trinajstić information content (AvgIpc) is 2.64. The first-order valence-corrected chi connectivity index (χ1v) is 113. The Kier molecular flexibility index (Phi) is 28.4. The van der Waals surface area contributed by atoms with E-state index in [1.54, 1.807) is 0 Å². The third-order valence-electron chi connectivity index (χ3n) is 1.70. The maximum atomic E-state index is 9.02. The fourth-order valence-electron chi connectivity index (χ4n) is 0.878. The van der Waals surface area contributed by atoms with E-state index in [2.05, 4.69) is 198 Å². The molecule has 25 heavy (non-hydrogen) atoms. The van der Waals surface area contributed by atoms with Crippen LogP contribution in [0.15, 0.2) is 30.3 Å². The van der Waals surface area contributed by atoms with Gasteiger partial charge in [-0.1, -0.05) is 0 Å². The van der Waals surface area contributed by atoms with Crippen LogP contribution in [0.1, 0.15) is 5.56 Å². The molecule has 0 atom stereocenters. The Balaban J connectivity index is 2.70. The zero-order chi connectivity index (χ0) is 20.0. The summed E-state index contributed by atoms with van der Waals surface area (Å²) in [5, 5.41) is 0. The molecular formula is C7H8I18. The molecule has 0 saturated carbocycles. The second-order valence-electron chi connectivity index (χ2n) is 3.02. The quantitative estimate of drug-likeness (QED) is 0.162. The van der Waals surface area contributed by atoms with Crippen LogP contribution in [0.5, 0.6) is 0 Å². The predicted molar refractivity (Wildman–Crippen MR) is 284 cm³/mol. The first-order valence-electron chi connectivity index (χ1n) is 5.34. The molecule has 0 fully saturated rings. The summed E-state index contributed by atoms with van der Waals surface area (Å²) < 4.78 is 10.2. The van der Waals surface area contributed by atoms with Gasteiger partial charge in [-0.2, -0.15) is 0 Å². The van der Waals surface area contributed by atoms with E-state index in [1.807, 2.05) is 0 Å². The summed E-state index contributed by atoms with van der Waals surface area (Å²) in [5.74, 6) is 0. The predicted octanol–water partition coefficient (Wildman–Crippen LogP) is 17.4. The van der Waals surface area contributed by atoms with Gasteiger partial charge in [-0.3, -0.25) is 0 Å². The Labute approximate surface area is 275 Å². The molecule has 0 aliphatic rings. The molecule has 1 rings (SSSR count). The molecule has 0 bridgehead atoms. The van der Waals surface area contributed by atoms with Crippen LogP contribution < -0.4 is 0 Å². The normalized spacial score (nSPS) is 17.0. The Hall–Kier alpha value is 12.4. The minimum absolute atomic E-state index is 0.472. The van der Waals surface area contributed by atoms with Gasteiger partial charge in [0.25, 0.3) is 0 Å². The van der Waals surface area contributed by atoms with Gasteiger partial charge in [0.2, 0.25) is 0 Å². The number of hydrogen-bond acceptors (Lipinski definition) is 0. The van der Waals surface area contributed by atoms with Gasteiger partial charge in [0, 0.05) is 0 Å². The zero-order valence-corrected chi connectivity index (χ0v) is 49.7.